The molecule has 0 N–H and O–H groups in total. The topological polar surface area (TPSA) is 86.7 Å². The predicted octanol–water partition coefficient (Wildman–Crippen LogP) is 5.14. The highest BCUT2D eigenvalue weighted by molar-refractivity contribution is 7.86. The average Bonchev–Trinajstić information content (AvgIpc) is 3.02. The molecular formula is C25H44O6S2. The molecule has 0 aliphatic heterocycles. The minimum atomic E-state index is -3.39. The van der Waals surface area contributed by atoms with Crippen molar-refractivity contribution in [3.63, 3.8) is 0 Å². The maximum atomic E-state index is 11.7. The first-order valence-electron chi connectivity index (χ1n) is 13.0. The molecule has 0 radical (unpaired) electrons. The SMILES string of the molecule is C[C@]12CCC(OS(C)(=O)=O)C[C@H]1CC[C@@H]1[C@@H]2CC[C@]2(C)[C@@H](CCCCOS(C)(=O)=O)CC[C@@H]12. The van der Waals surface area contributed by atoms with E-state index in [9.17, 15) is 16.8 Å². The van der Waals surface area contributed by atoms with Gasteiger partial charge in [0.05, 0.1) is 25.2 Å². The summed E-state index contributed by atoms with van der Waals surface area (Å²) in [5, 5.41) is 0. The maximum Gasteiger partial charge on any atom is 0.264 e. The molecular weight excluding hydrogens is 460 g/mol. The summed E-state index contributed by atoms with van der Waals surface area (Å²) in [5.41, 5.74) is 0.737. The summed E-state index contributed by atoms with van der Waals surface area (Å²) in [7, 11) is -6.72. The fourth-order valence-electron chi connectivity index (χ4n) is 8.84. The van der Waals surface area contributed by atoms with E-state index in [4.69, 9.17) is 8.37 Å². The van der Waals surface area contributed by atoms with Gasteiger partial charge in [0.1, 0.15) is 0 Å². The standard InChI is InChI=1S/C25H44O6S2/c1-24-15-13-23-21(22(24)11-9-18(24)7-5-6-16-30-32(3,26)27)10-8-19-17-20(31-33(4,28)29)12-14-25(19,23)2/h18-23H,5-17H2,1-4H3/t18-,19+,20?,21-,22-,23-,24+,25-/m0/s1. The lowest BCUT2D eigenvalue weighted by molar-refractivity contribution is -0.124. The molecule has 0 aromatic carbocycles. The summed E-state index contributed by atoms with van der Waals surface area (Å²) in [4.78, 5) is 0. The molecule has 0 aromatic rings. The monoisotopic (exact) mass is 504 g/mol. The molecule has 4 fully saturated rings. The third kappa shape index (κ3) is 5.49. The smallest absolute Gasteiger partial charge is 0.264 e. The van der Waals surface area contributed by atoms with Gasteiger partial charge in [-0.15, -0.1) is 0 Å². The van der Waals surface area contributed by atoms with Crippen molar-refractivity contribution in [1.82, 2.24) is 0 Å². The molecule has 4 aliphatic carbocycles. The first-order valence-corrected chi connectivity index (χ1v) is 16.7. The van der Waals surface area contributed by atoms with Crippen molar-refractivity contribution in [3.8, 4) is 0 Å². The van der Waals surface area contributed by atoms with Crippen LogP contribution in [0.2, 0.25) is 0 Å². The highest BCUT2D eigenvalue weighted by Crippen LogP contribution is 2.68. The summed E-state index contributed by atoms with van der Waals surface area (Å²) >= 11 is 0. The summed E-state index contributed by atoms with van der Waals surface area (Å²) in [6.45, 7) is 5.35. The van der Waals surface area contributed by atoms with Gasteiger partial charge in [-0.25, -0.2) is 0 Å². The lowest BCUT2D eigenvalue weighted by Crippen LogP contribution is -2.54. The van der Waals surface area contributed by atoms with Crippen LogP contribution < -0.4 is 0 Å². The van der Waals surface area contributed by atoms with E-state index >= 15 is 0 Å². The Labute approximate surface area is 201 Å². The minimum Gasteiger partial charge on any atom is -0.270 e. The van der Waals surface area contributed by atoms with Gasteiger partial charge in [-0.2, -0.15) is 16.8 Å². The van der Waals surface area contributed by atoms with E-state index in [1.165, 1.54) is 51.2 Å². The summed E-state index contributed by atoms with van der Waals surface area (Å²) in [6, 6.07) is 0. The largest absolute Gasteiger partial charge is 0.270 e. The predicted molar refractivity (Wildman–Crippen MR) is 130 cm³/mol. The first-order chi connectivity index (χ1) is 15.3. The second kappa shape index (κ2) is 9.36. The van der Waals surface area contributed by atoms with Gasteiger partial charge in [0.15, 0.2) is 0 Å². The highest BCUT2D eigenvalue weighted by Gasteiger charge is 2.60. The third-order valence-corrected chi connectivity index (χ3v) is 11.6. The number of unbranched alkanes of at least 4 members (excludes halogenated alkanes) is 1. The van der Waals surface area contributed by atoms with Crippen molar-refractivity contribution >= 4 is 20.2 Å². The number of fused-ring (bicyclic) bond motifs is 5. The van der Waals surface area contributed by atoms with Gasteiger partial charge in [-0.3, -0.25) is 8.37 Å². The number of rotatable bonds is 8. The molecule has 0 heterocycles. The van der Waals surface area contributed by atoms with E-state index in [1.54, 1.807) is 0 Å². The van der Waals surface area contributed by atoms with Crippen LogP contribution in [0.3, 0.4) is 0 Å². The molecule has 1 unspecified atom stereocenters. The summed E-state index contributed by atoms with van der Waals surface area (Å²) < 4.78 is 56.0. The Morgan fingerprint density at radius 2 is 1.48 bits per heavy atom. The Morgan fingerprint density at radius 3 is 2.18 bits per heavy atom. The van der Waals surface area contributed by atoms with E-state index in [1.807, 2.05) is 0 Å². The zero-order chi connectivity index (χ0) is 24.1. The first kappa shape index (κ1) is 25.9. The Bertz CT molecular complexity index is 915. The van der Waals surface area contributed by atoms with Crippen molar-refractivity contribution in [3.05, 3.63) is 0 Å². The molecule has 0 amide bonds. The molecule has 33 heavy (non-hydrogen) atoms. The van der Waals surface area contributed by atoms with Gasteiger partial charge in [-0.1, -0.05) is 20.3 Å². The molecule has 0 bridgehead atoms. The normalized spacial score (nSPS) is 43.5. The van der Waals surface area contributed by atoms with Gasteiger partial charge in [0.2, 0.25) is 0 Å². The second-order valence-electron chi connectivity index (χ2n) is 12.2. The third-order valence-electron chi connectivity index (χ3n) is 10.4. The van der Waals surface area contributed by atoms with Gasteiger partial charge < -0.3 is 0 Å². The highest BCUT2D eigenvalue weighted by atomic mass is 32.2. The molecule has 4 rings (SSSR count). The Kier molecular flexibility index (Phi) is 7.35. The van der Waals surface area contributed by atoms with E-state index in [2.05, 4.69) is 13.8 Å². The molecule has 0 aromatic heterocycles. The lowest BCUT2D eigenvalue weighted by Gasteiger charge is -2.61. The van der Waals surface area contributed by atoms with Crippen LogP contribution in [0, 0.1) is 40.4 Å². The molecule has 192 valence electrons. The van der Waals surface area contributed by atoms with Crippen LogP contribution in [0.5, 0.6) is 0 Å². The van der Waals surface area contributed by atoms with Crippen molar-refractivity contribution < 1.29 is 25.2 Å². The number of hydrogen-bond donors (Lipinski definition) is 0. The molecule has 8 heteroatoms. The second-order valence-corrected chi connectivity index (χ2v) is 15.4. The zero-order valence-electron chi connectivity index (χ0n) is 20.9. The molecule has 4 aliphatic rings. The number of hydrogen-bond acceptors (Lipinski definition) is 6. The Balaban J connectivity index is 1.36. The fraction of sp³-hybridized carbons (Fsp3) is 1.00. The van der Waals surface area contributed by atoms with Crippen LogP contribution >= 0.6 is 0 Å². The minimum absolute atomic E-state index is 0.133. The van der Waals surface area contributed by atoms with Crippen molar-refractivity contribution in [2.24, 2.45) is 40.4 Å². The van der Waals surface area contributed by atoms with Crippen LogP contribution in [0.15, 0.2) is 0 Å². The van der Waals surface area contributed by atoms with E-state index in [0.717, 1.165) is 62.0 Å². The molecule has 0 saturated heterocycles. The van der Waals surface area contributed by atoms with Crippen LogP contribution in [0.25, 0.3) is 0 Å². The average molecular weight is 505 g/mol. The van der Waals surface area contributed by atoms with Gasteiger partial charge in [0.25, 0.3) is 20.2 Å². The molecule has 8 atom stereocenters. The summed E-state index contributed by atoms with van der Waals surface area (Å²) in [6.07, 6.45) is 15.8. The molecule has 4 saturated carbocycles. The van der Waals surface area contributed by atoms with Crippen LogP contribution in [0.1, 0.15) is 90.9 Å². The Hall–Kier alpha value is -0.180. The maximum absolute atomic E-state index is 11.7. The van der Waals surface area contributed by atoms with Crippen LogP contribution in [0.4, 0.5) is 0 Å². The van der Waals surface area contributed by atoms with Crippen LogP contribution in [-0.2, 0) is 28.6 Å². The van der Waals surface area contributed by atoms with E-state index < -0.39 is 20.2 Å². The van der Waals surface area contributed by atoms with Gasteiger partial charge in [0, 0.05) is 0 Å². The fourth-order valence-corrected chi connectivity index (χ4v) is 9.93. The zero-order valence-corrected chi connectivity index (χ0v) is 22.6. The van der Waals surface area contributed by atoms with Crippen molar-refractivity contribution in [1.29, 1.82) is 0 Å². The molecule has 6 nitrogen and oxygen atoms in total. The molecule has 0 spiro atoms. The quantitative estimate of drug-likeness (QED) is 0.336. The summed E-state index contributed by atoms with van der Waals surface area (Å²) in [5.74, 6) is 3.68. The van der Waals surface area contributed by atoms with Crippen LogP contribution in [-0.4, -0.2) is 42.1 Å². The van der Waals surface area contributed by atoms with Gasteiger partial charge >= 0.3 is 0 Å². The van der Waals surface area contributed by atoms with Crippen molar-refractivity contribution in [2.75, 3.05) is 19.1 Å². The van der Waals surface area contributed by atoms with Gasteiger partial charge in [-0.05, 0) is 111 Å². The van der Waals surface area contributed by atoms with E-state index in [-0.39, 0.29) is 6.10 Å². The Morgan fingerprint density at radius 1 is 0.788 bits per heavy atom. The van der Waals surface area contributed by atoms with Crippen molar-refractivity contribution in [2.45, 2.75) is 97.0 Å². The van der Waals surface area contributed by atoms with E-state index in [0.29, 0.717) is 23.4 Å². The lowest BCUT2D eigenvalue weighted by atomic mass is 9.44.